The Kier molecular flexibility index (Phi) is 8.69. The Balaban J connectivity index is 0.00000288. The van der Waals surface area contributed by atoms with Gasteiger partial charge in [0.15, 0.2) is 0 Å². The van der Waals surface area contributed by atoms with Crippen LogP contribution in [0.15, 0.2) is 30.0 Å². The minimum Gasteiger partial charge on any atom is -1.00 e. The average Bonchev–Trinajstić information content (AvgIpc) is 2.57. The Labute approximate surface area is 152 Å². The van der Waals surface area contributed by atoms with Crippen LogP contribution in [0, 0.1) is 6.92 Å². The minimum atomic E-state index is -0.165. The van der Waals surface area contributed by atoms with Crippen molar-refractivity contribution in [3.05, 3.63) is 35.5 Å². The highest BCUT2D eigenvalue weighted by Crippen LogP contribution is 2.23. The quantitative estimate of drug-likeness (QED) is 0.850. The minimum absolute atomic E-state index is 0. The molecule has 5 heteroatoms. The van der Waals surface area contributed by atoms with E-state index in [1.165, 1.54) is 30.5 Å². The average molecular weight is 351 g/mol. The molecule has 2 N–H and O–H groups in total. The molecule has 4 nitrogen and oxygen atoms in total. The van der Waals surface area contributed by atoms with Gasteiger partial charge in [0.25, 0.3) is 0 Å². The molecule has 0 aromatic heterocycles. The first-order valence-electron chi connectivity index (χ1n) is 8.75. The highest BCUT2D eigenvalue weighted by Gasteiger charge is 2.08. The zero-order valence-corrected chi connectivity index (χ0v) is 15.7. The van der Waals surface area contributed by atoms with Crippen LogP contribution in [0.2, 0.25) is 0 Å². The van der Waals surface area contributed by atoms with Crippen molar-refractivity contribution < 1.29 is 17.2 Å². The zero-order chi connectivity index (χ0) is 16.7. The molecule has 2 rings (SSSR count). The second-order valence-electron chi connectivity index (χ2n) is 6.13. The summed E-state index contributed by atoms with van der Waals surface area (Å²) in [5.74, 6) is 0. The molecular weight excluding hydrogens is 322 g/mol. The molecule has 1 aliphatic rings. The Morgan fingerprint density at radius 1 is 1.17 bits per heavy atom. The molecule has 24 heavy (non-hydrogen) atoms. The summed E-state index contributed by atoms with van der Waals surface area (Å²) in [7, 11) is 0. The number of carbonyl (C=O) groups is 1. The second kappa shape index (κ2) is 10.2. The van der Waals surface area contributed by atoms with Crippen molar-refractivity contribution in [2.45, 2.75) is 52.9 Å². The van der Waals surface area contributed by atoms with Crippen LogP contribution >= 0.6 is 0 Å². The van der Waals surface area contributed by atoms with Gasteiger partial charge < -0.3 is 27.9 Å². The number of urea groups is 1. The molecule has 0 atom stereocenters. The summed E-state index contributed by atoms with van der Waals surface area (Å²) < 4.78 is 0. The van der Waals surface area contributed by atoms with Crippen LogP contribution in [0.3, 0.4) is 0 Å². The fourth-order valence-corrected chi connectivity index (χ4v) is 3.05. The fourth-order valence-electron chi connectivity index (χ4n) is 3.05. The molecule has 0 saturated heterocycles. The van der Waals surface area contributed by atoms with Crippen LogP contribution in [0.25, 0.3) is 0 Å². The summed E-state index contributed by atoms with van der Waals surface area (Å²) in [5, 5.41) is 5.80. The number of nitrogens with one attached hydrogen (secondary N) is 2. The molecule has 0 radical (unpaired) electrons. The Bertz CT molecular complexity index is 560. The van der Waals surface area contributed by atoms with Gasteiger partial charge in [-0.05, 0) is 70.2 Å². The van der Waals surface area contributed by atoms with Crippen LogP contribution in [0.5, 0.6) is 0 Å². The molecule has 1 aliphatic carbocycles. The van der Waals surface area contributed by atoms with E-state index in [9.17, 15) is 4.79 Å². The van der Waals surface area contributed by atoms with E-state index in [0.717, 1.165) is 37.2 Å². The van der Waals surface area contributed by atoms with Gasteiger partial charge in [0, 0.05) is 30.7 Å². The zero-order valence-electron chi connectivity index (χ0n) is 15.0. The highest BCUT2D eigenvalue weighted by molar-refractivity contribution is 5.91. The Hall–Kier alpha value is -1.68. The van der Waals surface area contributed by atoms with E-state index in [2.05, 4.69) is 41.5 Å². The van der Waals surface area contributed by atoms with E-state index in [1.807, 2.05) is 19.2 Å². The lowest BCUT2D eigenvalue weighted by atomic mass is 9.96. The first kappa shape index (κ1) is 20.4. The van der Waals surface area contributed by atoms with Crippen molar-refractivity contribution in [1.82, 2.24) is 5.32 Å². The van der Waals surface area contributed by atoms with Crippen LogP contribution in [0.4, 0.5) is 16.2 Å². The molecule has 1 aromatic carbocycles. The van der Waals surface area contributed by atoms with Crippen LogP contribution in [0.1, 0.15) is 51.5 Å². The number of benzene rings is 1. The molecule has 134 valence electrons. The van der Waals surface area contributed by atoms with Crippen molar-refractivity contribution in [2.24, 2.45) is 0 Å². The second-order valence-corrected chi connectivity index (χ2v) is 6.13. The summed E-state index contributed by atoms with van der Waals surface area (Å²) in [6, 6.07) is 6.01. The lowest BCUT2D eigenvalue weighted by molar-refractivity contribution is -0.00000801. The SMILES string of the molecule is CCN(CC)c1ccc(NC(=O)NC=C2CCCCC2)c(C)c1.[Cl-]. The van der Waals surface area contributed by atoms with E-state index < -0.39 is 0 Å². The maximum atomic E-state index is 12.1. The number of amides is 2. The van der Waals surface area contributed by atoms with Gasteiger partial charge >= 0.3 is 6.03 Å². The predicted octanol–water partition coefficient (Wildman–Crippen LogP) is 1.81. The number of nitrogens with zero attached hydrogens (tertiary/aromatic N) is 1. The predicted molar refractivity (Wildman–Crippen MR) is 98.1 cm³/mol. The van der Waals surface area contributed by atoms with E-state index in [-0.39, 0.29) is 18.4 Å². The first-order chi connectivity index (χ1) is 11.1. The maximum absolute atomic E-state index is 12.1. The number of aryl methyl sites for hydroxylation is 1. The van der Waals surface area contributed by atoms with Gasteiger partial charge in [-0.1, -0.05) is 12.0 Å². The molecule has 1 aromatic rings. The van der Waals surface area contributed by atoms with Crippen molar-refractivity contribution in [3.63, 3.8) is 0 Å². The third-order valence-corrected chi connectivity index (χ3v) is 4.49. The van der Waals surface area contributed by atoms with Gasteiger partial charge in [0.05, 0.1) is 0 Å². The number of allylic oxidation sites excluding steroid dienone is 1. The van der Waals surface area contributed by atoms with Crippen molar-refractivity contribution in [3.8, 4) is 0 Å². The van der Waals surface area contributed by atoms with Crippen LogP contribution in [-0.4, -0.2) is 19.1 Å². The molecule has 1 fully saturated rings. The number of carbonyl (C=O) groups excluding carboxylic acids is 1. The summed E-state index contributed by atoms with van der Waals surface area (Å²) in [6.45, 7) is 8.30. The largest absolute Gasteiger partial charge is 1.00 e. The lowest BCUT2D eigenvalue weighted by Gasteiger charge is -2.22. The number of hydrogen-bond acceptors (Lipinski definition) is 2. The van der Waals surface area contributed by atoms with Gasteiger partial charge in [-0.2, -0.15) is 0 Å². The standard InChI is InChI=1S/C19H29N3O.ClH/c1-4-22(5-2)17-11-12-18(15(3)13-17)21-19(23)20-14-16-9-7-6-8-10-16;/h11-14H,4-10H2,1-3H3,(H2,20,21,23);1H/p-1. The number of anilines is 2. The van der Waals surface area contributed by atoms with E-state index >= 15 is 0 Å². The van der Waals surface area contributed by atoms with Gasteiger partial charge in [-0.3, -0.25) is 0 Å². The van der Waals surface area contributed by atoms with Crippen molar-refractivity contribution in [1.29, 1.82) is 0 Å². The summed E-state index contributed by atoms with van der Waals surface area (Å²) >= 11 is 0. The first-order valence-corrected chi connectivity index (χ1v) is 8.75. The maximum Gasteiger partial charge on any atom is 0.323 e. The van der Waals surface area contributed by atoms with Gasteiger partial charge in [-0.15, -0.1) is 0 Å². The molecule has 0 bridgehead atoms. The molecular formula is C19H29ClN3O-. The van der Waals surface area contributed by atoms with Crippen molar-refractivity contribution in [2.75, 3.05) is 23.3 Å². The molecule has 1 saturated carbocycles. The Morgan fingerprint density at radius 3 is 2.42 bits per heavy atom. The highest BCUT2D eigenvalue weighted by atomic mass is 35.5. The number of rotatable bonds is 5. The van der Waals surface area contributed by atoms with E-state index in [4.69, 9.17) is 0 Å². The lowest BCUT2D eigenvalue weighted by Crippen LogP contribution is -3.00. The fraction of sp³-hybridized carbons (Fsp3) is 0.526. The summed E-state index contributed by atoms with van der Waals surface area (Å²) in [4.78, 5) is 14.4. The third kappa shape index (κ3) is 5.75. The summed E-state index contributed by atoms with van der Waals surface area (Å²) in [5.41, 5.74) is 4.48. The topological polar surface area (TPSA) is 44.4 Å². The number of halogens is 1. The monoisotopic (exact) mass is 350 g/mol. The Morgan fingerprint density at radius 2 is 1.83 bits per heavy atom. The smallest absolute Gasteiger partial charge is 0.323 e. The molecule has 0 unspecified atom stereocenters. The summed E-state index contributed by atoms with van der Waals surface area (Å²) in [6.07, 6.45) is 7.88. The van der Waals surface area contributed by atoms with Gasteiger partial charge in [0.1, 0.15) is 0 Å². The molecule has 0 spiro atoms. The normalized spacial score (nSPS) is 13.7. The van der Waals surface area contributed by atoms with Gasteiger partial charge in [0.2, 0.25) is 0 Å². The van der Waals surface area contributed by atoms with E-state index in [0.29, 0.717) is 0 Å². The molecule has 2 amide bonds. The van der Waals surface area contributed by atoms with E-state index in [1.54, 1.807) is 0 Å². The third-order valence-electron chi connectivity index (χ3n) is 4.49. The number of hydrogen-bond donors (Lipinski definition) is 2. The molecule has 0 aliphatic heterocycles. The van der Waals surface area contributed by atoms with Gasteiger partial charge in [-0.25, -0.2) is 4.79 Å². The van der Waals surface area contributed by atoms with Crippen LogP contribution in [-0.2, 0) is 0 Å². The van der Waals surface area contributed by atoms with Crippen molar-refractivity contribution >= 4 is 17.4 Å². The van der Waals surface area contributed by atoms with Crippen LogP contribution < -0.4 is 27.9 Å². The molecule has 0 heterocycles.